The van der Waals surface area contributed by atoms with Crippen molar-refractivity contribution in [3.05, 3.63) is 29.3 Å². The average molecular weight is 220 g/mol. The second kappa shape index (κ2) is 3.96. The molecule has 1 aromatic rings. The molecule has 0 saturated heterocycles. The molecule has 1 aliphatic carbocycles. The third kappa shape index (κ3) is 1.66. The van der Waals surface area contributed by atoms with Crippen molar-refractivity contribution in [1.82, 2.24) is 0 Å². The van der Waals surface area contributed by atoms with Gasteiger partial charge in [-0.15, -0.1) is 0 Å². The number of methoxy groups -OCH3 is 1. The molecule has 0 spiro atoms. The zero-order valence-corrected chi connectivity index (χ0v) is 8.90. The van der Waals surface area contributed by atoms with E-state index in [1.807, 2.05) is 0 Å². The van der Waals surface area contributed by atoms with E-state index in [-0.39, 0.29) is 12.2 Å². The monoisotopic (exact) mass is 220 g/mol. The third-order valence-corrected chi connectivity index (χ3v) is 2.88. The van der Waals surface area contributed by atoms with E-state index in [2.05, 4.69) is 0 Å². The zero-order chi connectivity index (χ0) is 11.7. The van der Waals surface area contributed by atoms with E-state index >= 15 is 0 Å². The minimum atomic E-state index is -0.926. The van der Waals surface area contributed by atoms with Gasteiger partial charge in [0.15, 0.2) is 5.78 Å². The Kier molecular flexibility index (Phi) is 2.64. The number of carbonyl (C=O) groups excluding carboxylic acids is 1. The molecule has 1 atom stereocenters. The first kappa shape index (κ1) is 10.7. The van der Waals surface area contributed by atoms with Gasteiger partial charge in [-0.2, -0.15) is 0 Å². The summed E-state index contributed by atoms with van der Waals surface area (Å²) in [7, 11) is 1.52. The number of carboxylic acids is 1. The molecular weight excluding hydrogens is 208 g/mol. The molecule has 84 valence electrons. The van der Waals surface area contributed by atoms with E-state index in [1.54, 1.807) is 18.2 Å². The largest absolute Gasteiger partial charge is 0.496 e. The van der Waals surface area contributed by atoms with Crippen LogP contribution >= 0.6 is 0 Å². The molecule has 1 aliphatic rings. The van der Waals surface area contributed by atoms with Crippen LogP contribution in [0.3, 0.4) is 0 Å². The van der Waals surface area contributed by atoms with Gasteiger partial charge in [-0.1, -0.05) is 12.1 Å². The first-order valence-electron chi connectivity index (χ1n) is 5.05. The number of hydrogen-bond acceptors (Lipinski definition) is 3. The Labute approximate surface area is 92.8 Å². The van der Waals surface area contributed by atoms with E-state index in [1.165, 1.54) is 7.11 Å². The second-order valence-electron chi connectivity index (χ2n) is 3.85. The van der Waals surface area contributed by atoms with Gasteiger partial charge in [0, 0.05) is 17.5 Å². The fourth-order valence-electron chi connectivity index (χ4n) is 2.06. The van der Waals surface area contributed by atoms with Gasteiger partial charge in [-0.05, 0) is 12.5 Å². The summed E-state index contributed by atoms with van der Waals surface area (Å²) in [5.41, 5.74) is 1.31. The summed E-state index contributed by atoms with van der Waals surface area (Å²) >= 11 is 0. The number of ether oxygens (including phenoxy) is 1. The summed E-state index contributed by atoms with van der Waals surface area (Å²) < 4.78 is 5.14. The molecule has 0 saturated carbocycles. The van der Waals surface area contributed by atoms with Crippen LogP contribution < -0.4 is 4.74 Å². The Bertz CT molecular complexity index is 450. The van der Waals surface area contributed by atoms with Crippen LogP contribution in [0.2, 0.25) is 0 Å². The number of hydrogen-bond donors (Lipinski definition) is 1. The molecule has 0 amide bonds. The Balaban J connectivity index is 2.46. The number of fused-ring (bicyclic) bond motifs is 1. The molecule has 1 aromatic carbocycles. The van der Waals surface area contributed by atoms with E-state index < -0.39 is 11.9 Å². The first-order valence-corrected chi connectivity index (χ1v) is 5.05. The van der Waals surface area contributed by atoms with Crippen molar-refractivity contribution in [1.29, 1.82) is 0 Å². The Hall–Kier alpha value is -1.84. The highest BCUT2D eigenvalue weighted by Gasteiger charge is 2.31. The number of benzene rings is 1. The summed E-state index contributed by atoms with van der Waals surface area (Å²) in [6.45, 7) is 0. The van der Waals surface area contributed by atoms with Crippen molar-refractivity contribution in [3.63, 3.8) is 0 Å². The summed E-state index contributed by atoms with van der Waals surface area (Å²) in [4.78, 5) is 22.7. The normalized spacial score (nSPS) is 19.1. The fourth-order valence-corrected chi connectivity index (χ4v) is 2.06. The van der Waals surface area contributed by atoms with Crippen LogP contribution in [0.1, 0.15) is 22.3 Å². The quantitative estimate of drug-likeness (QED) is 0.820. The maximum absolute atomic E-state index is 11.7. The molecule has 4 nitrogen and oxygen atoms in total. The summed E-state index contributed by atoms with van der Waals surface area (Å²) in [5.74, 6) is -1.08. The number of carbonyl (C=O) groups is 2. The second-order valence-corrected chi connectivity index (χ2v) is 3.85. The summed E-state index contributed by atoms with van der Waals surface area (Å²) in [5, 5.41) is 8.95. The van der Waals surface area contributed by atoms with E-state index in [0.717, 1.165) is 0 Å². The van der Waals surface area contributed by atoms with Crippen molar-refractivity contribution < 1.29 is 19.4 Å². The van der Waals surface area contributed by atoms with Crippen molar-refractivity contribution >= 4 is 11.8 Å². The SMILES string of the molecule is COc1cccc2c1C[C@@H](C(=O)O)CC2=O. The molecule has 0 heterocycles. The van der Waals surface area contributed by atoms with Crippen LogP contribution in [-0.2, 0) is 11.2 Å². The zero-order valence-electron chi connectivity index (χ0n) is 8.90. The number of carboxylic acid groups (broad SMARTS) is 1. The maximum Gasteiger partial charge on any atom is 0.307 e. The van der Waals surface area contributed by atoms with Crippen molar-refractivity contribution in [3.8, 4) is 5.75 Å². The lowest BCUT2D eigenvalue weighted by Crippen LogP contribution is -2.26. The lowest BCUT2D eigenvalue weighted by molar-refractivity contribution is -0.141. The highest BCUT2D eigenvalue weighted by atomic mass is 16.5. The molecule has 0 bridgehead atoms. The summed E-state index contributed by atoms with van der Waals surface area (Å²) in [6.07, 6.45) is 0.440. The third-order valence-electron chi connectivity index (χ3n) is 2.88. The molecule has 2 rings (SSSR count). The Morgan fingerprint density at radius 1 is 1.44 bits per heavy atom. The van der Waals surface area contributed by atoms with E-state index in [4.69, 9.17) is 9.84 Å². The molecule has 0 fully saturated rings. The number of ketones is 1. The van der Waals surface area contributed by atoms with Gasteiger partial charge in [0.1, 0.15) is 5.75 Å². The molecule has 1 N–H and O–H groups in total. The van der Waals surface area contributed by atoms with Crippen molar-refractivity contribution in [2.24, 2.45) is 5.92 Å². The highest BCUT2D eigenvalue weighted by molar-refractivity contribution is 6.01. The summed E-state index contributed by atoms with van der Waals surface area (Å²) in [6, 6.07) is 5.21. The van der Waals surface area contributed by atoms with Gasteiger partial charge in [0.2, 0.25) is 0 Å². The number of aliphatic carboxylic acids is 1. The van der Waals surface area contributed by atoms with E-state index in [0.29, 0.717) is 23.3 Å². The first-order chi connectivity index (χ1) is 7.63. The smallest absolute Gasteiger partial charge is 0.307 e. The molecule has 0 radical (unpaired) electrons. The van der Waals surface area contributed by atoms with Crippen LogP contribution in [-0.4, -0.2) is 24.0 Å². The van der Waals surface area contributed by atoms with E-state index in [9.17, 15) is 9.59 Å². The van der Waals surface area contributed by atoms with Gasteiger partial charge < -0.3 is 9.84 Å². The predicted octanol–water partition coefficient (Wildman–Crippen LogP) is 1.52. The topological polar surface area (TPSA) is 63.6 Å². The van der Waals surface area contributed by atoms with Crippen molar-refractivity contribution in [2.75, 3.05) is 7.11 Å². The van der Waals surface area contributed by atoms with Gasteiger partial charge in [-0.3, -0.25) is 9.59 Å². The number of rotatable bonds is 2. The Morgan fingerprint density at radius 2 is 2.19 bits per heavy atom. The maximum atomic E-state index is 11.7. The van der Waals surface area contributed by atoms with Gasteiger partial charge in [0.25, 0.3) is 0 Å². The van der Waals surface area contributed by atoms with Crippen LogP contribution in [0.15, 0.2) is 18.2 Å². The van der Waals surface area contributed by atoms with Crippen LogP contribution in [0.25, 0.3) is 0 Å². The molecule has 0 aromatic heterocycles. The van der Waals surface area contributed by atoms with Crippen LogP contribution in [0.5, 0.6) is 5.75 Å². The Morgan fingerprint density at radius 3 is 2.81 bits per heavy atom. The lowest BCUT2D eigenvalue weighted by atomic mass is 9.82. The van der Waals surface area contributed by atoms with Gasteiger partial charge >= 0.3 is 5.97 Å². The molecule has 16 heavy (non-hydrogen) atoms. The molecule has 0 unspecified atom stereocenters. The highest BCUT2D eigenvalue weighted by Crippen LogP contribution is 2.32. The van der Waals surface area contributed by atoms with Gasteiger partial charge in [0.05, 0.1) is 13.0 Å². The lowest BCUT2D eigenvalue weighted by Gasteiger charge is -2.22. The standard InChI is InChI=1S/C12H12O4/c1-16-11-4-2-3-8-9(11)5-7(12(14)15)6-10(8)13/h2-4,7H,5-6H2,1H3,(H,14,15)/t7-/m1/s1. The predicted molar refractivity (Wildman–Crippen MR) is 56.8 cm³/mol. The minimum absolute atomic E-state index is 0.0789. The molecule has 0 aliphatic heterocycles. The fraction of sp³-hybridized carbons (Fsp3) is 0.333. The van der Waals surface area contributed by atoms with Crippen molar-refractivity contribution in [2.45, 2.75) is 12.8 Å². The molecular formula is C12H12O4. The van der Waals surface area contributed by atoms with Crippen LogP contribution in [0.4, 0.5) is 0 Å². The minimum Gasteiger partial charge on any atom is -0.496 e. The average Bonchev–Trinajstić information content (AvgIpc) is 2.28. The van der Waals surface area contributed by atoms with Crippen LogP contribution in [0, 0.1) is 5.92 Å². The number of Topliss-reactive ketones (excluding diaryl/α,β-unsaturated/α-hetero) is 1. The molecule has 4 heteroatoms. The van der Waals surface area contributed by atoms with Gasteiger partial charge in [-0.25, -0.2) is 0 Å².